The molecule has 86 valence electrons. The summed E-state index contributed by atoms with van der Waals surface area (Å²) >= 11 is 0. The van der Waals surface area contributed by atoms with Crippen molar-refractivity contribution in [3.8, 4) is 0 Å². The highest BCUT2D eigenvalue weighted by atomic mass is 19.1. The van der Waals surface area contributed by atoms with Crippen molar-refractivity contribution in [1.82, 2.24) is 5.32 Å². The van der Waals surface area contributed by atoms with Gasteiger partial charge in [0.05, 0.1) is 6.54 Å². The summed E-state index contributed by atoms with van der Waals surface area (Å²) in [6, 6.07) is 4.47. The molecule has 2 rings (SSSR count). The molecule has 1 aromatic carbocycles. The number of anilines is 1. The molecular weight excluding hydrogens is 211 g/mol. The molecule has 1 N–H and O–H groups in total. The van der Waals surface area contributed by atoms with E-state index in [-0.39, 0.29) is 5.82 Å². The van der Waals surface area contributed by atoms with Crippen molar-refractivity contribution in [2.75, 3.05) is 25.5 Å². The van der Waals surface area contributed by atoms with Gasteiger partial charge in [-0.05, 0) is 18.2 Å². The SMILES string of the molecule is CN(C)c1ccc(F)cc1C1CNC(=O)O1. The normalized spacial score (nSPS) is 19.2. The molecule has 1 atom stereocenters. The van der Waals surface area contributed by atoms with Gasteiger partial charge in [-0.3, -0.25) is 0 Å². The van der Waals surface area contributed by atoms with Gasteiger partial charge < -0.3 is 15.0 Å². The Morgan fingerprint density at radius 2 is 2.25 bits per heavy atom. The number of hydrogen-bond acceptors (Lipinski definition) is 3. The third-order valence-electron chi connectivity index (χ3n) is 2.50. The standard InChI is InChI=1S/C11H13FN2O2/c1-14(2)9-4-3-7(12)5-8(9)10-6-13-11(15)16-10/h3-5,10H,6H2,1-2H3,(H,13,15). The molecule has 16 heavy (non-hydrogen) atoms. The Morgan fingerprint density at radius 3 is 2.81 bits per heavy atom. The third kappa shape index (κ3) is 1.93. The van der Waals surface area contributed by atoms with Crippen LogP contribution >= 0.6 is 0 Å². The van der Waals surface area contributed by atoms with Crippen molar-refractivity contribution in [3.05, 3.63) is 29.6 Å². The Bertz CT molecular complexity index is 420. The highest BCUT2D eigenvalue weighted by Gasteiger charge is 2.27. The van der Waals surface area contributed by atoms with Gasteiger partial charge in [0.1, 0.15) is 11.9 Å². The van der Waals surface area contributed by atoms with Crippen LogP contribution in [-0.2, 0) is 4.74 Å². The molecule has 1 aromatic rings. The predicted octanol–water partition coefficient (Wildman–Crippen LogP) is 1.67. The van der Waals surface area contributed by atoms with Crippen molar-refractivity contribution < 1.29 is 13.9 Å². The quantitative estimate of drug-likeness (QED) is 0.830. The number of rotatable bonds is 2. The summed E-state index contributed by atoms with van der Waals surface area (Å²) in [5.74, 6) is -0.330. The summed E-state index contributed by atoms with van der Waals surface area (Å²) in [5.41, 5.74) is 1.53. The van der Waals surface area contributed by atoms with Gasteiger partial charge in [-0.25, -0.2) is 9.18 Å². The molecule has 0 aromatic heterocycles. The van der Waals surface area contributed by atoms with Crippen LogP contribution in [0, 0.1) is 5.82 Å². The summed E-state index contributed by atoms with van der Waals surface area (Å²) in [7, 11) is 3.72. The minimum atomic E-state index is -0.459. The molecule has 0 radical (unpaired) electrons. The molecule has 0 bridgehead atoms. The number of amides is 1. The first kappa shape index (κ1) is 10.7. The van der Waals surface area contributed by atoms with E-state index in [1.807, 2.05) is 19.0 Å². The number of ether oxygens (including phenoxy) is 1. The fraction of sp³-hybridized carbons (Fsp3) is 0.364. The number of halogens is 1. The molecule has 1 aliphatic heterocycles. The number of benzene rings is 1. The van der Waals surface area contributed by atoms with Crippen molar-refractivity contribution in [2.24, 2.45) is 0 Å². The second-order valence-electron chi connectivity index (χ2n) is 3.87. The van der Waals surface area contributed by atoms with Gasteiger partial charge in [-0.1, -0.05) is 0 Å². The molecule has 1 fully saturated rings. The number of alkyl carbamates (subject to hydrolysis) is 1. The zero-order chi connectivity index (χ0) is 11.7. The molecule has 1 heterocycles. The summed E-state index contributed by atoms with van der Waals surface area (Å²) in [6.45, 7) is 0.378. The number of nitrogens with zero attached hydrogens (tertiary/aromatic N) is 1. The Kier molecular flexibility index (Phi) is 2.68. The largest absolute Gasteiger partial charge is 0.439 e. The lowest BCUT2D eigenvalue weighted by atomic mass is 10.1. The zero-order valence-corrected chi connectivity index (χ0v) is 9.16. The van der Waals surface area contributed by atoms with Gasteiger partial charge in [0, 0.05) is 25.3 Å². The minimum absolute atomic E-state index is 0.330. The second kappa shape index (κ2) is 4.00. The van der Waals surface area contributed by atoms with E-state index in [9.17, 15) is 9.18 Å². The van der Waals surface area contributed by atoms with Crippen LogP contribution in [0.4, 0.5) is 14.9 Å². The van der Waals surface area contributed by atoms with E-state index in [0.29, 0.717) is 12.1 Å². The van der Waals surface area contributed by atoms with Crippen LogP contribution in [0.1, 0.15) is 11.7 Å². The molecule has 5 heteroatoms. The topological polar surface area (TPSA) is 41.6 Å². The molecule has 4 nitrogen and oxygen atoms in total. The maximum atomic E-state index is 13.2. The monoisotopic (exact) mass is 224 g/mol. The van der Waals surface area contributed by atoms with Crippen LogP contribution in [-0.4, -0.2) is 26.7 Å². The minimum Gasteiger partial charge on any atom is -0.439 e. The summed E-state index contributed by atoms with van der Waals surface area (Å²) in [4.78, 5) is 12.8. The van der Waals surface area contributed by atoms with Crippen molar-refractivity contribution in [3.63, 3.8) is 0 Å². The maximum Gasteiger partial charge on any atom is 0.407 e. The highest BCUT2D eigenvalue weighted by Crippen LogP contribution is 2.30. The van der Waals surface area contributed by atoms with Crippen molar-refractivity contribution in [2.45, 2.75) is 6.10 Å². The van der Waals surface area contributed by atoms with E-state index >= 15 is 0 Å². The fourth-order valence-electron chi connectivity index (χ4n) is 1.75. The van der Waals surface area contributed by atoms with Gasteiger partial charge in [0.25, 0.3) is 0 Å². The molecule has 1 amide bonds. The van der Waals surface area contributed by atoms with Gasteiger partial charge >= 0.3 is 6.09 Å². The van der Waals surface area contributed by atoms with Crippen LogP contribution in [0.3, 0.4) is 0 Å². The van der Waals surface area contributed by atoms with Crippen LogP contribution < -0.4 is 10.2 Å². The lowest BCUT2D eigenvalue weighted by molar-refractivity contribution is 0.141. The van der Waals surface area contributed by atoms with Crippen molar-refractivity contribution >= 4 is 11.8 Å². The summed E-state index contributed by atoms with van der Waals surface area (Å²) in [6.07, 6.45) is -0.875. The molecule has 0 saturated carbocycles. The number of nitrogens with one attached hydrogen (secondary N) is 1. The number of carbonyl (C=O) groups excluding carboxylic acids is 1. The number of hydrogen-bond donors (Lipinski definition) is 1. The Hall–Kier alpha value is -1.78. The Morgan fingerprint density at radius 1 is 1.50 bits per heavy atom. The Labute approximate surface area is 93.0 Å². The molecule has 1 aliphatic rings. The van der Waals surface area contributed by atoms with E-state index in [1.54, 1.807) is 6.07 Å². The van der Waals surface area contributed by atoms with E-state index in [2.05, 4.69) is 5.32 Å². The lowest BCUT2D eigenvalue weighted by Gasteiger charge is -2.20. The number of carbonyl (C=O) groups is 1. The fourth-order valence-corrected chi connectivity index (χ4v) is 1.75. The van der Waals surface area contributed by atoms with Crippen LogP contribution in [0.2, 0.25) is 0 Å². The van der Waals surface area contributed by atoms with E-state index in [4.69, 9.17) is 4.74 Å². The van der Waals surface area contributed by atoms with Gasteiger partial charge in [-0.15, -0.1) is 0 Å². The first-order valence-electron chi connectivity index (χ1n) is 4.99. The first-order valence-corrected chi connectivity index (χ1v) is 4.99. The smallest absolute Gasteiger partial charge is 0.407 e. The van der Waals surface area contributed by atoms with Gasteiger partial charge in [-0.2, -0.15) is 0 Å². The van der Waals surface area contributed by atoms with E-state index < -0.39 is 12.2 Å². The summed E-state index contributed by atoms with van der Waals surface area (Å²) in [5, 5.41) is 2.55. The highest BCUT2D eigenvalue weighted by molar-refractivity contribution is 5.70. The zero-order valence-electron chi connectivity index (χ0n) is 9.16. The number of cyclic esters (lactones) is 1. The van der Waals surface area contributed by atoms with Crippen LogP contribution in [0.15, 0.2) is 18.2 Å². The second-order valence-corrected chi connectivity index (χ2v) is 3.87. The average Bonchev–Trinajstić information content (AvgIpc) is 2.64. The Balaban J connectivity index is 2.37. The maximum absolute atomic E-state index is 13.2. The first-order chi connectivity index (χ1) is 7.58. The average molecular weight is 224 g/mol. The third-order valence-corrected chi connectivity index (χ3v) is 2.50. The van der Waals surface area contributed by atoms with E-state index in [1.165, 1.54) is 12.1 Å². The molecular formula is C11H13FN2O2. The molecule has 1 unspecified atom stereocenters. The van der Waals surface area contributed by atoms with Gasteiger partial charge in [0.2, 0.25) is 0 Å². The van der Waals surface area contributed by atoms with Crippen LogP contribution in [0.25, 0.3) is 0 Å². The van der Waals surface area contributed by atoms with Gasteiger partial charge in [0.15, 0.2) is 0 Å². The summed E-state index contributed by atoms with van der Waals surface area (Å²) < 4.78 is 18.2. The van der Waals surface area contributed by atoms with Crippen molar-refractivity contribution in [1.29, 1.82) is 0 Å². The van der Waals surface area contributed by atoms with E-state index in [0.717, 1.165) is 5.69 Å². The molecule has 1 saturated heterocycles. The lowest BCUT2D eigenvalue weighted by Crippen LogP contribution is -2.15. The molecule has 0 spiro atoms. The predicted molar refractivity (Wildman–Crippen MR) is 58.0 cm³/mol. The van der Waals surface area contributed by atoms with Crippen LogP contribution in [0.5, 0.6) is 0 Å². The molecule has 0 aliphatic carbocycles.